The smallest absolute Gasteiger partial charge is 0.335 e. The largest absolute Gasteiger partial charge is 0.488 e. The molecule has 0 aliphatic carbocycles. The molecule has 0 atom stereocenters. The zero-order valence-corrected chi connectivity index (χ0v) is 10.1. The first-order valence-electron chi connectivity index (χ1n) is 5.61. The summed E-state index contributed by atoms with van der Waals surface area (Å²) in [4.78, 5) is 33.5. The fraction of sp³-hybridized carbons (Fsp3) is 0.154. The molecule has 0 amide bonds. The number of nitrogens with one attached hydrogen (secondary N) is 1. The Hall–Kier alpha value is -2.63. The summed E-state index contributed by atoms with van der Waals surface area (Å²) in [6.07, 6.45) is 0. The minimum absolute atomic E-state index is 0.00627. The van der Waals surface area contributed by atoms with E-state index in [9.17, 15) is 14.4 Å². The van der Waals surface area contributed by atoms with E-state index in [0.29, 0.717) is 5.69 Å². The van der Waals surface area contributed by atoms with Gasteiger partial charge in [-0.1, -0.05) is 6.07 Å². The van der Waals surface area contributed by atoms with Gasteiger partial charge in [0.15, 0.2) is 5.75 Å². The molecule has 0 unspecified atom stereocenters. The maximum absolute atomic E-state index is 11.4. The molecule has 0 aliphatic rings. The van der Waals surface area contributed by atoms with Crippen LogP contribution in [0.1, 0.15) is 17.3 Å². The number of carbonyl (C=O) groups is 1. The number of ether oxygens (including phenoxy) is 1. The number of rotatable bonds is 5. The zero-order chi connectivity index (χ0) is 14.0. The zero-order valence-electron chi connectivity index (χ0n) is 10.1. The Labute approximate surface area is 108 Å². The lowest BCUT2D eigenvalue weighted by molar-refractivity contribution is 0.0697. The number of carboxylic acid groups (broad SMARTS) is 1. The summed E-state index contributed by atoms with van der Waals surface area (Å²) in [5, 5.41) is 11.6. The molecule has 0 bridgehead atoms. The van der Waals surface area contributed by atoms with E-state index in [-0.39, 0.29) is 23.6 Å². The highest BCUT2D eigenvalue weighted by Crippen LogP contribution is 2.23. The molecule has 98 valence electrons. The molecule has 0 aromatic heterocycles. The predicted molar refractivity (Wildman–Crippen MR) is 69.2 cm³/mol. The van der Waals surface area contributed by atoms with Gasteiger partial charge in [0, 0.05) is 5.69 Å². The molecular weight excluding hydrogens is 250 g/mol. The average molecular weight is 261 g/mol. The Morgan fingerprint density at radius 3 is 2.68 bits per heavy atom. The summed E-state index contributed by atoms with van der Waals surface area (Å²) >= 11 is 0. The highest BCUT2D eigenvalue weighted by Gasteiger charge is 2.22. The van der Waals surface area contributed by atoms with Crippen LogP contribution in [0.5, 0.6) is 5.75 Å². The van der Waals surface area contributed by atoms with E-state index in [2.05, 4.69) is 5.32 Å². The SMILES string of the molecule is CCOc1c(Nc2cccc(C(=O)O)c2)c(=O)c1=O. The third-order valence-electron chi connectivity index (χ3n) is 2.53. The molecule has 2 aromatic rings. The molecule has 6 heteroatoms. The predicted octanol–water partition coefficient (Wildman–Crippen LogP) is 1.12. The molecule has 0 aliphatic heterocycles. The summed E-state index contributed by atoms with van der Waals surface area (Å²) < 4.78 is 5.05. The minimum atomic E-state index is -1.07. The lowest BCUT2D eigenvalue weighted by atomic mass is 10.1. The molecule has 19 heavy (non-hydrogen) atoms. The summed E-state index contributed by atoms with van der Waals surface area (Å²) in [5.74, 6) is -1.08. The van der Waals surface area contributed by atoms with Crippen LogP contribution < -0.4 is 20.9 Å². The van der Waals surface area contributed by atoms with Crippen LogP contribution in [0.25, 0.3) is 0 Å². The van der Waals surface area contributed by atoms with E-state index in [0.717, 1.165) is 0 Å². The second-order valence-corrected chi connectivity index (χ2v) is 3.81. The first-order chi connectivity index (χ1) is 9.04. The van der Waals surface area contributed by atoms with Crippen LogP contribution in [0.4, 0.5) is 11.4 Å². The van der Waals surface area contributed by atoms with E-state index in [1.165, 1.54) is 18.2 Å². The Balaban J connectivity index is 2.29. The summed E-state index contributed by atoms with van der Waals surface area (Å²) in [7, 11) is 0. The van der Waals surface area contributed by atoms with Crippen LogP contribution in [-0.2, 0) is 0 Å². The molecule has 0 heterocycles. The van der Waals surface area contributed by atoms with Gasteiger partial charge in [-0.3, -0.25) is 9.59 Å². The number of hydrogen-bond acceptors (Lipinski definition) is 5. The first-order valence-corrected chi connectivity index (χ1v) is 5.61. The van der Waals surface area contributed by atoms with Gasteiger partial charge in [0.25, 0.3) is 10.9 Å². The first kappa shape index (κ1) is 12.8. The topological polar surface area (TPSA) is 92.7 Å². The maximum Gasteiger partial charge on any atom is 0.335 e. The molecule has 0 fully saturated rings. The number of hydrogen-bond donors (Lipinski definition) is 2. The summed E-state index contributed by atoms with van der Waals surface area (Å²) in [6.45, 7) is 1.97. The van der Waals surface area contributed by atoms with Crippen molar-refractivity contribution < 1.29 is 14.6 Å². The number of benzene rings is 1. The van der Waals surface area contributed by atoms with E-state index in [1.807, 2.05) is 0 Å². The van der Waals surface area contributed by atoms with Crippen molar-refractivity contribution in [1.82, 2.24) is 0 Å². The van der Waals surface area contributed by atoms with Gasteiger partial charge in [-0.05, 0) is 25.1 Å². The van der Waals surface area contributed by atoms with E-state index in [1.54, 1.807) is 13.0 Å². The van der Waals surface area contributed by atoms with Gasteiger partial charge in [0.2, 0.25) is 0 Å². The van der Waals surface area contributed by atoms with Crippen LogP contribution in [0.2, 0.25) is 0 Å². The van der Waals surface area contributed by atoms with Crippen molar-refractivity contribution in [3.05, 3.63) is 50.3 Å². The Kier molecular flexibility index (Phi) is 3.33. The molecule has 0 radical (unpaired) electrons. The van der Waals surface area contributed by atoms with Gasteiger partial charge < -0.3 is 15.2 Å². The van der Waals surface area contributed by atoms with Gasteiger partial charge in [0.05, 0.1) is 12.2 Å². The van der Waals surface area contributed by atoms with Crippen molar-refractivity contribution >= 4 is 17.3 Å². The van der Waals surface area contributed by atoms with Crippen LogP contribution >= 0.6 is 0 Å². The lowest BCUT2D eigenvalue weighted by Gasteiger charge is -2.13. The van der Waals surface area contributed by atoms with Crippen LogP contribution in [-0.4, -0.2) is 17.7 Å². The van der Waals surface area contributed by atoms with E-state index in [4.69, 9.17) is 9.84 Å². The molecule has 0 spiro atoms. The molecule has 2 N–H and O–H groups in total. The van der Waals surface area contributed by atoms with Crippen LogP contribution in [0, 0.1) is 0 Å². The van der Waals surface area contributed by atoms with Gasteiger partial charge in [-0.2, -0.15) is 0 Å². The Morgan fingerprint density at radius 2 is 2.05 bits per heavy atom. The van der Waals surface area contributed by atoms with Crippen molar-refractivity contribution in [2.45, 2.75) is 6.92 Å². The van der Waals surface area contributed by atoms with Gasteiger partial charge in [-0.15, -0.1) is 0 Å². The number of aromatic carboxylic acids is 1. The maximum atomic E-state index is 11.4. The van der Waals surface area contributed by atoms with Gasteiger partial charge in [-0.25, -0.2) is 4.79 Å². The summed E-state index contributed by atoms with van der Waals surface area (Å²) in [6, 6.07) is 5.94. The Morgan fingerprint density at radius 1 is 1.32 bits per heavy atom. The third kappa shape index (κ3) is 2.33. The highest BCUT2D eigenvalue weighted by molar-refractivity contribution is 5.89. The van der Waals surface area contributed by atoms with Crippen LogP contribution in [0.15, 0.2) is 33.9 Å². The fourth-order valence-corrected chi connectivity index (χ4v) is 1.64. The molecule has 6 nitrogen and oxygen atoms in total. The number of carboxylic acids is 1. The monoisotopic (exact) mass is 261 g/mol. The standard InChI is InChI=1S/C13H11NO5/c1-2-19-12-9(10(15)11(12)16)14-8-5-3-4-7(6-8)13(17)18/h3-6,14H,2H2,1H3,(H,17,18). The quantitative estimate of drug-likeness (QED) is 0.783. The molecule has 2 aromatic carbocycles. The summed E-state index contributed by atoms with van der Waals surface area (Å²) in [5.41, 5.74) is -0.771. The second kappa shape index (κ2) is 4.93. The van der Waals surface area contributed by atoms with Gasteiger partial charge in [0.1, 0.15) is 5.69 Å². The highest BCUT2D eigenvalue weighted by atomic mass is 16.5. The fourth-order valence-electron chi connectivity index (χ4n) is 1.64. The average Bonchev–Trinajstić information content (AvgIpc) is 2.42. The normalized spacial score (nSPS) is 10.4. The number of anilines is 2. The van der Waals surface area contributed by atoms with Gasteiger partial charge >= 0.3 is 5.97 Å². The van der Waals surface area contributed by atoms with E-state index >= 15 is 0 Å². The van der Waals surface area contributed by atoms with Crippen molar-refractivity contribution in [1.29, 1.82) is 0 Å². The molecule has 0 saturated heterocycles. The second-order valence-electron chi connectivity index (χ2n) is 3.81. The van der Waals surface area contributed by atoms with Crippen molar-refractivity contribution in [3.8, 4) is 5.75 Å². The van der Waals surface area contributed by atoms with Crippen molar-refractivity contribution in [2.24, 2.45) is 0 Å². The Bertz CT molecular complexity index is 697. The van der Waals surface area contributed by atoms with E-state index < -0.39 is 16.8 Å². The van der Waals surface area contributed by atoms with Crippen molar-refractivity contribution in [3.63, 3.8) is 0 Å². The molecule has 0 saturated carbocycles. The third-order valence-corrected chi connectivity index (χ3v) is 2.53. The molecular formula is C13H11NO5. The van der Waals surface area contributed by atoms with Crippen LogP contribution in [0.3, 0.4) is 0 Å². The minimum Gasteiger partial charge on any atom is -0.488 e. The van der Waals surface area contributed by atoms with Crippen molar-refractivity contribution in [2.75, 3.05) is 11.9 Å². The molecule has 2 rings (SSSR count). The lowest BCUT2D eigenvalue weighted by Crippen LogP contribution is -2.35.